The lowest BCUT2D eigenvalue weighted by Crippen LogP contribution is -2.23. The molecule has 128 valence electrons. The number of aromatic nitrogens is 2. The first-order valence-electron chi connectivity index (χ1n) is 7.27. The number of para-hydroxylation sites is 1. The molecule has 0 aliphatic carbocycles. The van der Waals surface area contributed by atoms with Gasteiger partial charge < -0.3 is 19.8 Å². The van der Waals surface area contributed by atoms with E-state index in [4.69, 9.17) is 4.42 Å². The maximum absolute atomic E-state index is 12.4. The van der Waals surface area contributed by atoms with E-state index >= 15 is 0 Å². The number of hydrogen-bond acceptors (Lipinski definition) is 6. The van der Waals surface area contributed by atoms with E-state index in [1.807, 2.05) is 0 Å². The molecule has 0 bridgehead atoms. The smallest absolute Gasteiger partial charge is 0.417 e. The lowest BCUT2D eigenvalue weighted by atomic mass is 10.2. The highest BCUT2D eigenvalue weighted by molar-refractivity contribution is 6.07. The Balaban J connectivity index is 1.78. The van der Waals surface area contributed by atoms with Crippen molar-refractivity contribution in [2.45, 2.75) is 6.54 Å². The van der Waals surface area contributed by atoms with Crippen LogP contribution in [0.3, 0.4) is 0 Å². The second-order valence-electron chi connectivity index (χ2n) is 5.03. The Bertz CT molecular complexity index is 991. The van der Waals surface area contributed by atoms with Gasteiger partial charge in [-0.1, -0.05) is 6.07 Å². The lowest BCUT2D eigenvalue weighted by Gasteiger charge is -2.07. The Kier molecular flexibility index (Phi) is 4.46. The van der Waals surface area contributed by atoms with E-state index in [0.717, 1.165) is 0 Å². The van der Waals surface area contributed by atoms with Crippen molar-refractivity contribution in [1.29, 1.82) is 0 Å². The minimum atomic E-state index is -0.600. The van der Waals surface area contributed by atoms with Crippen molar-refractivity contribution in [2.75, 3.05) is 12.4 Å². The number of H-pyrrole nitrogens is 1. The second kappa shape index (κ2) is 6.87. The molecule has 1 aromatic carbocycles. The summed E-state index contributed by atoms with van der Waals surface area (Å²) in [5, 5.41) is 5.17. The number of amides is 2. The minimum absolute atomic E-state index is 0.121. The first kappa shape index (κ1) is 16.2. The zero-order valence-corrected chi connectivity index (χ0v) is 13.2. The van der Waals surface area contributed by atoms with Crippen molar-refractivity contribution in [2.24, 2.45) is 0 Å². The average molecular weight is 342 g/mol. The molecule has 25 heavy (non-hydrogen) atoms. The average Bonchev–Trinajstić information content (AvgIpc) is 3.01. The molecule has 3 N–H and O–H groups in total. The fourth-order valence-corrected chi connectivity index (χ4v) is 2.22. The predicted octanol–water partition coefficient (Wildman–Crippen LogP) is 1.62. The molecule has 0 atom stereocenters. The van der Waals surface area contributed by atoms with Gasteiger partial charge in [-0.25, -0.2) is 9.59 Å². The molecule has 0 radical (unpaired) electrons. The quantitative estimate of drug-likeness (QED) is 0.661. The number of methoxy groups -OCH3 is 1. The molecule has 0 aliphatic rings. The van der Waals surface area contributed by atoms with E-state index in [0.29, 0.717) is 22.5 Å². The van der Waals surface area contributed by atoms with Gasteiger partial charge in [0.2, 0.25) is 0 Å². The summed E-state index contributed by atoms with van der Waals surface area (Å²) in [6, 6.07) is 8.04. The molecule has 9 nitrogen and oxygen atoms in total. The summed E-state index contributed by atoms with van der Waals surface area (Å²) >= 11 is 0. The molecule has 3 rings (SSSR count). The van der Waals surface area contributed by atoms with Crippen LogP contribution in [0.1, 0.15) is 16.1 Å². The van der Waals surface area contributed by atoms with Gasteiger partial charge in [0.05, 0.1) is 30.6 Å². The third-order valence-corrected chi connectivity index (χ3v) is 3.37. The zero-order chi connectivity index (χ0) is 17.8. The van der Waals surface area contributed by atoms with E-state index in [9.17, 15) is 14.4 Å². The van der Waals surface area contributed by atoms with Crippen LogP contribution >= 0.6 is 0 Å². The van der Waals surface area contributed by atoms with Crippen molar-refractivity contribution in [1.82, 2.24) is 15.3 Å². The topological polar surface area (TPSA) is 126 Å². The van der Waals surface area contributed by atoms with Crippen LogP contribution in [0.2, 0.25) is 0 Å². The van der Waals surface area contributed by atoms with Crippen LogP contribution < -0.4 is 16.4 Å². The summed E-state index contributed by atoms with van der Waals surface area (Å²) in [6.45, 7) is 0.121. The Morgan fingerprint density at radius 3 is 2.96 bits per heavy atom. The van der Waals surface area contributed by atoms with Gasteiger partial charge in [-0.05, 0) is 24.3 Å². The first-order valence-corrected chi connectivity index (χ1v) is 7.27. The van der Waals surface area contributed by atoms with Crippen LogP contribution in [-0.2, 0) is 11.3 Å². The SMILES string of the molecule is COC(=O)NCc1cc(C(=O)Nc2cccc3[nH]c(=O)oc23)ccn1. The molecule has 0 spiro atoms. The van der Waals surface area contributed by atoms with Crippen LogP contribution in [0, 0.1) is 0 Å². The van der Waals surface area contributed by atoms with Crippen LogP contribution in [-0.4, -0.2) is 29.1 Å². The van der Waals surface area contributed by atoms with Crippen molar-refractivity contribution in [3.63, 3.8) is 0 Å². The molecule has 0 unspecified atom stereocenters. The number of pyridine rings is 1. The Morgan fingerprint density at radius 2 is 2.16 bits per heavy atom. The summed E-state index contributed by atoms with van der Waals surface area (Å²) in [5.74, 6) is -1.00. The summed E-state index contributed by atoms with van der Waals surface area (Å²) < 4.78 is 9.51. The third kappa shape index (κ3) is 3.66. The molecular formula is C16H14N4O5. The number of nitrogens with one attached hydrogen (secondary N) is 3. The molecule has 0 aliphatic heterocycles. The van der Waals surface area contributed by atoms with Gasteiger partial charge in [0.25, 0.3) is 5.91 Å². The standard InChI is InChI=1S/C16H14N4O5/c1-24-15(22)18-8-10-7-9(5-6-17-10)14(21)19-11-3-2-4-12-13(11)25-16(23)20-12/h2-7H,8H2,1H3,(H,18,22)(H,19,21)(H,20,23). The number of anilines is 1. The van der Waals surface area contributed by atoms with Gasteiger partial charge in [-0.15, -0.1) is 0 Å². The summed E-state index contributed by atoms with van der Waals surface area (Å²) in [5.41, 5.74) is 1.95. The third-order valence-electron chi connectivity index (χ3n) is 3.37. The number of hydrogen-bond donors (Lipinski definition) is 3. The number of fused-ring (bicyclic) bond motifs is 1. The first-order chi connectivity index (χ1) is 12.1. The van der Waals surface area contributed by atoms with Gasteiger partial charge >= 0.3 is 11.8 Å². The van der Waals surface area contributed by atoms with Gasteiger partial charge in [0.1, 0.15) is 0 Å². The molecule has 0 fully saturated rings. The maximum Gasteiger partial charge on any atom is 0.417 e. The van der Waals surface area contributed by atoms with E-state index in [1.54, 1.807) is 24.3 Å². The maximum atomic E-state index is 12.4. The van der Waals surface area contributed by atoms with Crippen LogP contribution in [0.25, 0.3) is 11.1 Å². The van der Waals surface area contributed by atoms with Gasteiger partial charge in [-0.2, -0.15) is 0 Å². The number of nitrogens with zero attached hydrogens (tertiary/aromatic N) is 1. The van der Waals surface area contributed by atoms with Crippen molar-refractivity contribution < 1.29 is 18.7 Å². The number of ether oxygens (including phenoxy) is 1. The minimum Gasteiger partial charge on any atom is -0.453 e. The molecule has 2 amide bonds. The molecule has 2 aromatic heterocycles. The lowest BCUT2D eigenvalue weighted by molar-refractivity contribution is 0.102. The molecular weight excluding hydrogens is 328 g/mol. The number of rotatable bonds is 4. The Morgan fingerprint density at radius 1 is 1.32 bits per heavy atom. The fraction of sp³-hybridized carbons (Fsp3) is 0.125. The largest absolute Gasteiger partial charge is 0.453 e. The number of benzene rings is 1. The number of carbonyl (C=O) groups excluding carboxylic acids is 2. The highest BCUT2D eigenvalue weighted by Gasteiger charge is 2.12. The van der Waals surface area contributed by atoms with E-state index < -0.39 is 17.8 Å². The van der Waals surface area contributed by atoms with E-state index in [1.165, 1.54) is 19.4 Å². The van der Waals surface area contributed by atoms with E-state index in [-0.39, 0.29) is 12.1 Å². The van der Waals surface area contributed by atoms with Crippen molar-refractivity contribution in [3.05, 3.63) is 58.3 Å². The van der Waals surface area contributed by atoms with Gasteiger partial charge in [0.15, 0.2) is 5.58 Å². The Labute approximate surface area is 141 Å². The summed E-state index contributed by atoms with van der Waals surface area (Å²) in [4.78, 5) is 41.4. The molecule has 3 aromatic rings. The number of oxazole rings is 1. The molecule has 2 heterocycles. The van der Waals surface area contributed by atoms with E-state index in [2.05, 4.69) is 25.3 Å². The number of alkyl carbamates (subject to hydrolysis) is 1. The molecule has 0 saturated heterocycles. The van der Waals surface area contributed by atoms with Crippen LogP contribution in [0.15, 0.2) is 45.7 Å². The highest BCUT2D eigenvalue weighted by Crippen LogP contribution is 2.21. The normalized spacial score (nSPS) is 10.4. The van der Waals surface area contributed by atoms with Crippen LogP contribution in [0.4, 0.5) is 10.5 Å². The molecule has 9 heteroatoms. The van der Waals surface area contributed by atoms with Gasteiger partial charge in [0, 0.05) is 11.8 Å². The molecule has 0 saturated carbocycles. The fourth-order valence-electron chi connectivity index (χ4n) is 2.22. The van der Waals surface area contributed by atoms with Crippen molar-refractivity contribution >= 4 is 28.8 Å². The monoisotopic (exact) mass is 342 g/mol. The van der Waals surface area contributed by atoms with Crippen molar-refractivity contribution in [3.8, 4) is 0 Å². The summed E-state index contributed by atoms with van der Waals surface area (Å²) in [7, 11) is 1.26. The Hall–Kier alpha value is -3.62. The number of carbonyl (C=O) groups is 2. The summed E-state index contributed by atoms with van der Waals surface area (Å²) in [6.07, 6.45) is 0.867. The highest BCUT2D eigenvalue weighted by atomic mass is 16.5. The predicted molar refractivity (Wildman–Crippen MR) is 88.3 cm³/mol. The second-order valence-corrected chi connectivity index (χ2v) is 5.03. The van der Waals surface area contributed by atoms with Crippen LogP contribution in [0.5, 0.6) is 0 Å². The zero-order valence-electron chi connectivity index (χ0n) is 13.2. The van der Waals surface area contributed by atoms with Gasteiger partial charge in [-0.3, -0.25) is 14.8 Å². The number of aromatic amines is 1.